The number of nitrogens with two attached hydrogens (primary N) is 1. The molecule has 3 N–H and O–H groups in total. The Balaban J connectivity index is 2.23. The van der Waals surface area contributed by atoms with E-state index in [1.807, 2.05) is 32.0 Å². The lowest BCUT2D eigenvalue weighted by atomic mass is 10.1. The van der Waals surface area contributed by atoms with Gasteiger partial charge < -0.3 is 11.1 Å². The summed E-state index contributed by atoms with van der Waals surface area (Å²) in [6.07, 6.45) is 0. The standard InChI is InChI=1S/C16H17N3O3/c1-10-3-6-14(7-11(10)2)18-9-13-5-4-12(16(17)20)8-15(13)19(21)22/h3-8,18H,9H2,1-2H3,(H2,17,20). The van der Waals surface area contributed by atoms with Gasteiger partial charge in [0, 0.05) is 29.4 Å². The highest BCUT2D eigenvalue weighted by atomic mass is 16.6. The van der Waals surface area contributed by atoms with Crippen LogP contribution in [0.25, 0.3) is 0 Å². The molecule has 114 valence electrons. The second-order valence-electron chi connectivity index (χ2n) is 5.12. The maximum atomic E-state index is 11.1. The normalized spacial score (nSPS) is 10.3. The van der Waals surface area contributed by atoms with Gasteiger partial charge in [-0.25, -0.2) is 0 Å². The lowest BCUT2D eigenvalue weighted by Crippen LogP contribution is -2.12. The first-order valence-corrected chi connectivity index (χ1v) is 6.76. The predicted octanol–water partition coefficient (Wildman–Crippen LogP) is 2.92. The molecular formula is C16H17N3O3. The maximum Gasteiger partial charge on any atom is 0.275 e. The zero-order chi connectivity index (χ0) is 16.3. The van der Waals surface area contributed by atoms with E-state index < -0.39 is 10.8 Å². The summed E-state index contributed by atoms with van der Waals surface area (Å²) in [7, 11) is 0. The predicted molar refractivity (Wildman–Crippen MR) is 84.9 cm³/mol. The Hall–Kier alpha value is -2.89. The molecule has 0 spiro atoms. The van der Waals surface area contributed by atoms with Gasteiger partial charge in [-0.1, -0.05) is 6.07 Å². The quantitative estimate of drug-likeness (QED) is 0.655. The summed E-state index contributed by atoms with van der Waals surface area (Å²) in [6.45, 7) is 4.31. The van der Waals surface area contributed by atoms with Gasteiger partial charge in [-0.15, -0.1) is 0 Å². The number of hydrogen-bond donors (Lipinski definition) is 2. The third kappa shape index (κ3) is 3.41. The molecule has 0 aliphatic carbocycles. The Kier molecular flexibility index (Phi) is 4.41. The van der Waals surface area contributed by atoms with Crippen LogP contribution in [0.15, 0.2) is 36.4 Å². The van der Waals surface area contributed by atoms with Crippen LogP contribution >= 0.6 is 0 Å². The monoisotopic (exact) mass is 299 g/mol. The zero-order valence-corrected chi connectivity index (χ0v) is 12.4. The molecular weight excluding hydrogens is 282 g/mol. The Morgan fingerprint density at radius 3 is 2.50 bits per heavy atom. The molecule has 6 nitrogen and oxygen atoms in total. The molecule has 0 saturated carbocycles. The smallest absolute Gasteiger partial charge is 0.275 e. The van der Waals surface area contributed by atoms with Gasteiger partial charge in [0.1, 0.15) is 0 Å². The lowest BCUT2D eigenvalue weighted by Gasteiger charge is -2.09. The Morgan fingerprint density at radius 2 is 1.91 bits per heavy atom. The SMILES string of the molecule is Cc1ccc(NCc2ccc(C(N)=O)cc2[N+](=O)[O-])cc1C. The summed E-state index contributed by atoms with van der Waals surface area (Å²) in [4.78, 5) is 21.7. The molecule has 0 saturated heterocycles. The van der Waals surface area contributed by atoms with Crippen LogP contribution in [0.1, 0.15) is 27.0 Å². The summed E-state index contributed by atoms with van der Waals surface area (Å²) in [5.74, 6) is -0.684. The molecule has 0 aliphatic rings. The average molecular weight is 299 g/mol. The number of nitrogens with one attached hydrogen (secondary N) is 1. The molecule has 2 aromatic rings. The lowest BCUT2D eigenvalue weighted by molar-refractivity contribution is -0.385. The fourth-order valence-electron chi connectivity index (χ4n) is 2.09. The molecule has 1 amide bonds. The van der Waals surface area contributed by atoms with E-state index in [9.17, 15) is 14.9 Å². The van der Waals surface area contributed by atoms with Crippen molar-refractivity contribution >= 4 is 17.3 Å². The van der Waals surface area contributed by atoms with Crippen molar-refractivity contribution in [2.24, 2.45) is 5.73 Å². The van der Waals surface area contributed by atoms with E-state index in [0.717, 1.165) is 11.3 Å². The van der Waals surface area contributed by atoms with Crippen molar-refractivity contribution in [2.75, 3.05) is 5.32 Å². The van der Waals surface area contributed by atoms with Crippen LogP contribution in [0, 0.1) is 24.0 Å². The highest BCUT2D eigenvalue weighted by molar-refractivity contribution is 5.93. The van der Waals surface area contributed by atoms with Crippen LogP contribution in [0.5, 0.6) is 0 Å². The minimum absolute atomic E-state index is 0.118. The van der Waals surface area contributed by atoms with E-state index in [-0.39, 0.29) is 17.8 Å². The summed E-state index contributed by atoms with van der Waals surface area (Å²) >= 11 is 0. The van der Waals surface area contributed by atoms with E-state index in [2.05, 4.69) is 5.32 Å². The highest BCUT2D eigenvalue weighted by Gasteiger charge is 2.16. The molecule has 6 heteroatoms. The topological polar surface area (TPSA) is 98.3 Å². The van der Waals surface area contributed by atoms with Crippen LogP contribution in [-0.4, -0.2) is 10.8 Å². The van der Waals surface area contributed by atoms with Crippen molar-refractivity contribution in [3.05, 3.63) is 68.8 Å². The van der Waals surface area contributed by atoms with Gasteiger partial charge in [-0.05, 0) is 49.2 Å². The second-order valence-corrected chi connectivity index (χ2v) is 5.12. The molecule has 22 heavy (non-hydrogen) atoms. The molecule has 0 aliphatic heterocycles. The molecule has 0 atom stereocenters. The van der Waals surface area contributed by atoms with Gasteiger partial charge in [0.2, 0.25) is 5.91 Å². The number of nitrogens with zero attached hydrogens (tertiary/aromatic N) is 1. The number of amides is 1. The largest absolute Gasteiger partial charge is 0.381 e. The number of carbonyl (C=O) groups excluding carboxylic acids is 1. The van der Waals surface area contributed by atoms with E-state index in [0.29, 0.717) is 5.56 Å². The first-order valence-electron chi connectivity index (χ1n) is 6.76. The number of benzene rings is 2. The van der Waals surface area contributed by atoms with Crippen molar-refractivity contribution < 1.29 is 9.72 Å². The van der Waals surface area contributed by atoms with Crippen LogP contribution in [0.2, 0.25) is 0 Å². The number of anilines is 1. The first kappa shape index (κ1) is 15.5. The number of carbonyl (C=O) groups is 1. The van der Waals surface area contributed by atoms with E-state index in [4.69, 9.17) is 5.73 Å². The number of primary amides is 1. The number of aryl methyl sites for hydroxylation is 2. The fourth-order valence-corrected chi connectivity index (χ4v) is 2.09. The number of nitro groups is 1. The Labute approximate surface area is 128 Å². The van der Waals surface area contributed by atoms with Crippen molar-refractivity contribution in [2.45, 2.75) is 20.4 Å². The van der Waals surface area contributed by atoms with Crippen LogP contribution in [-0.2, 0) is 6.54 Å². The van der Waals surface area contributed by atoms with Gasteiger partial charge in [0.05, 0.1) is 4.92 Å². The number of hydrogen-bond acceptors (Lipinski definition) is 4. The number of nitro benzene ring substituents is 1. The molecule has 0 bridgehead atoms. The highest BCUT2D eigenvalue weighted by Crippen LogP contribution is 2.22. The molecule has 0 aromatic heterocycles. The third-order valence-electron chi connectivity index (χ3n) is 3.56. The van der Waals surface area contributed by atoms with E-state index in [1.165, 1.54) is 17.7 Å². The Bertz CT molecular complexity index is 741. The van der Waals surface area contributed by atoms with Gasteiger partial charge in [-0.2, -0.15) is 0 Å². The van der Waals surface area contributed by atoms with E-state index in [1.54, 1.807) is 6.07 Å². The first-order chi connectivity index (χ1) is 10.4. The van der Waals surface area contributed by atoms with Crippen LogP contribution in [0.4, 0.5) is 11.4 Å². The minimum Gasteiger partial charge on any atom is -0.381 e. The molecule has 0 fully saturated rings. The zero-order valence-electron chi connectivity index (χ0n) is 12.4. The van der Waals surface area contributed by atoms with Crippen molar-refractivity contribution in [1.29, 1.82) is 0 Å². The average Bonchev–Trinajstić information content (AvgIpc) is 2.48. The van der Waals surface area contributed by atoms with Crippen molar-refractivity contribution in [3.8, 4) is 0 Å². The summed E-state index contributed by atoms with van der Waals surface area (Å²) in [6, 6.07) is 10.1. The van der Waals surface area contributed by atoms with Crippen LogP contribution in [0.3, 0.4) is 0 Å². The van der Waals surface area contributed by atoms with Gasteiger partial charge >= 0.3 is 0 Å². The maximum absolute atomic E-state index is 11.1. The second kappa shape index (κ2) is 6.26. The van der Waals surface area contributed by atoms with Crippen molar-refractivity contribution in [1.82, 2.24) is 0 Å². The fraction of sp³-hybridized carbons (Fsp3) is 0.188. The minimum atomic E-state index is -0.684. The van der Waals surface area contributed by atoms with Gasteiger partial charge in [-0.3, -0.25) is 14.9 Å². The molecule has 0 unspecified atom stereocenters. The van der Waals surface area contributed by atoms with Crippen LogP contribution < -0.4 is 11.1 Å². The summed E-state index contributed by atoms with van der Waals surface area (Å²) < 4.78 is 0. The van der Waals surface area contributed by atoms with Gasteiger partial charge in [0.15, 0.2) is 0 Å². The number of rotatable bonds is 5. The van der Waals surface area contributed by atoms with Gasteiger partial charge in [0.25, 0.3) is 5.69 Å². The van der Waals surface area contributed by atoms with Crippen molar-refractivity contribution in [3.63, 3.8) is 0 Å². The molecule has 0 radical (unpaired) electrons. The molecule has 2 aromatic carbocycles. The molecule has 2 rings (SSSR count). The molecule has 0 heterocycles. The van der Waals surface area contributed by atoms with E-state index >= 15 is 0 Å². The summed E-state index contributed by atoms with van der Waals surface area (Å²) in [5, 5.41) is 14.3. The Morgan fingerprint density at radius 1 is 1.18 bits per heavy atom. The summed E-state index contributed by atoms with van der Waals surface area (Å²) in [5.41, 5.74) is 8.86. The third-order valence-corrected chi connectivity index (χ3v) is 3.56.